The number of anilines is 3. The Labute approximate surface area is 355 Å². The predicted octanol–water partition coefficient (Wildman–Crippen LogP) is 10.9. The quantitative estimate of drug-likeness (QED) is 0.117. The highest BCUT2D eigenvalue weighted by molar-refractivity contribution is 5.89. The van der Waals surface area contributed by atoms with Gasteiger partial charge in [-0.25, -0.2) is 14.4 Å². The van der Waals surface area contributed by atoms with E-state index in [-0.39, 0.29) is 71.1 Å². The van der Waals surface area contributed by atoms with Crippen LogP contribution in [0, 0.1) is 46.3 Å². The number of halogens is 3. The van der Waals surface area contributed by atoms with Crippen LogP contribution >= 0.6 is 0 Å². The fourth-order valence-corrected chi connectivity index (χ4v) is 11.9. The monoisotopic (exact) mass is 846 g/mol. The number of benzene rings is 3. The van der Waals surface area contributed by atoms with Crippen LogP contribution in [0.2, 0.25) is 0 Å². The van der Waals surface area contributed by atoms with Crippen molar-refractivity contribution in [3.05, 3.63) is 90.5 Å². The molecule has 4 saturated carbocycles. The largest absolute Gasteiger partial charge is 0.469 e. The maximum atomic E-state index is 14.0. The summed E-state index contributed by atoms with van der Waals surface area (Å²) in [5.41, 5.74) is -0.119. The lowest BCUT2D eigenvalue weighted by Gasteiger charge is -2.64. The van der Waals surface area contributed by atoms with E-state index in [1.807, 2.05) is 36.4 Å². The Hall–Kier alpha value is -5.27. The third-order valence-electron chi connectivity index (χ3n) is 14.9. The number of carbonyl (C=O) groups excluding carboxylic acids is 4. The maximum absolute atomic E-state index is 14.0. The van der Waals surface area contributed by atoms with Crippen molar-refractivity contribution in [2.24, 2.45) is 46.3 Å². The summed E-state index contributed by atoms with van der Waals surface area (Å²) in [4.78, 5) is 53.1. The van der Waals surface area contributed by atoms with Gasteiger partial charge in [0.25, 0.3) is 0 Å². The standard InChI is InChI=1S/C47H57F3N4O7/c1-28(15-22-40(55)59-4)35-20-21-36-41-37(27-39(46(35,36)3)54-42(56)51-33-18-16-29(17-19-33)47(48,49)50)45(2)24-23-34(60-43(57)52-31-11-7-5-8-12-31)25-30(45)26-38(41)61-44(58)53-32-13-9-6-10-14-32/h5-14,16-19,28,30,34-39,41H,15,20-27H2,1-4H3,(H,52,57)(H,53,58)(H2,51,54,56)/t28-,30+,34-,35-,36+,37+,38-,39+,41+,45+,46-/m1/s1. The molecular weight excluding hydrogens is 790 g/mol. The van der Waals surface area contributed by atoms with Crippen molar-refractivity contribution in [3.63, 3.8) is 0 Å². The second-order valence-corrected chi connectivity index (χ2v) is 18.1. The van der Waals surface area contributed by atoms with Crippen LogP contribution in [0.1, 0.15) is 84.1 Å². The van der Waals surface area contributed by atoms with Gasteiger partial charge in [0.15, 0.2) is 0 Å². The van der Waals surface area contributed by atoms with Crippen molar-refractivity contribution >= 4 is 41.2 Å². The van der Waals surface area contributed by atoms with Gasteiger partial charge in [0.2, 0.25) is 0 Å². The number of ether oxygens (including phenoxy) is 3. The minimum atomic E-state index is -4.51. The normalized spacial score (nSPS) is 30.9. The molecule has 0 radical (unpaired) electrons. The molecule has 3 aromatic rings. The van der Waals surface area contributed by atoms with Gasteiger partial charge in [0.1, 0.15) is 12.2 Å². The van der Waals surface area contributed by atoms with Crippen LogP contribution in [0.15, 0.2) is 84.9 Å². The fraction of sp³-hybridized carbons (Fsp3) is 0.532. The van der Waals surface area contributed by atoms with Gasteiger partial charge in [-0.3, -0.25) is 15.4 Å². The summed E-state index contributed by atoms with van der Waals surface area (Å²) in [5.74, 6) is -0.202. The maximum Gasteiger partial charge on any atom is 0.416 e. The highest BCUT2D eigenvalue weighted by atomic mass is 19.4. The molecule has 4 aliphatic rings. The number of urea groups is 1. The molecule has 4 aliphatic carbocycles. The number of hydrogen-bond donors (Lipinski definition) is 4. The first-order valence-corrected chi connectivity index (χ1v) is 21.5. The third-order valence-corrected chi connectivity index (χ3v) is 14.9. The number of para-hydroxylation sites is 2. The predicted molar refractivity (Wildman–Crippen MR) is 224 cm³/mol. The average molecular weight is 847 g/mol. The van der Waals surface area contributed by atoms with Gasteiger partial charge in [-0.2, -0.15) is 13.2 Å². The smallest absolute Gasteiger partial charge is 0.416 e. The Morgan fingerprint density at radius 3 is 1.97 bits per heavy atom. The van der Waals surface area contributed by atoms with Crippen LogP contribution in [-0.4, -0.2) is 49.5 Å². The van der Waals surface area contributed by atoms with Gasteiger partial charge in [-0.1, -0.05) is 57.2 Å². The molecule has 0 spiro atoms. The second-order valence-electron chi connectivity index (χ2n) is 18.1. The van der Waals surface area contributed by atoms with Crippen molar-refractivity contribution in [1.29, 1.82) is 0 Å². The second kappa shape index (κ2) is 18.0. The van der Waals surface area contributed by atoms with Crippen LogP contribution in [0.25, 0.3) is 0 Å². The van der Waals surface area contributed by atoms with Crippen LogP contribution in [0.4, 0.5) is 44.6 Å². The molecule has 14 heteroatoms. The van der Waals surface area contributed by atoms with E-state index in [0.29, 0.717) is 43.5 Å². The number of esters is 1. The number of rotatable bonds is 10. The number of carbonyl (C=O) groups is 4. The summed E-state index contributed by atoms with van der Waals surface area (Å²) in [5, 5.41) is 11.8. The van der Waals surface area contributed by atoms with Crippen molar-refractivity contribution in [2.75, 3.05) is 23.1 Å². The van der Waals surface area contributed by atoms with Crippen molar-refractivity contribution < 1.29 is 46.6 Å². The molecule has 4 amide bonds. The zero-order valence-corrected chi connectivity index (χ0v) is 35.1. The Kier molecular flexibility index (Phi) is 12.9. The molecule has 61 heavy (non-hydrogen) atoms. The summed E-state index contributed by atoms with van der Waals surface area (Å²) in [6.07, 6.45) is -0.849. The molecule has 0 saturated heterocycles. The van der Waals surface area contributed by atoms with E-state index in [2.05, 4.69) is 42.0 Å². The van der Waals surface area contributed by atoms with Crippen LogP contribution < -0.4 is 21.3 Å². The highest BCUT2D eigenvalue weighted by Gasteiger charge is 2.67. The van der Waals surface area contributed by atoms with E-state index >= 15 is 0 Å². The van der Waals surface area contributed by atoms with Gasteiger partial charge in [0, 0.05) is 35.4 Å². The molecule has 328 valence electrons. The van der Waals surface area contributed by atoms with Gasteiger partial charge in [-0.05, 0) is 140 Å². The van der Waals surface area contributed by atoms with Gasteiger partial charge < -0.3 is 24.8 Å². The highest BCUT2D eigenvalue weighted by Crippen LogP contribution is 2.69. The molecule has 7 rings (SSSR count). The average Bonchev–Trinajstić information content (AvgIpc) is 3.59. The van der Waals surface area contributed by atoms with Crippen LogP contribution in [0.3, 0.4) is 0 Å². The van der Waals surface area contributed by atoms with Crippen LogP contribution in [-0.2, 0) is 25.2 Å². The van der Waals surface area contributed by atoms with Gasteiger partial charge >= 0.3 is 30.4 Å². The van der Waals surface area contributed by atoms with E-state index in [9.17, 15) is 32.3 Å². The Bertz CT molecular complexity index is 2020. The lowest BCUT2D eigenvalue weighted by atomic mass is 9.42. The molecule has 4 N–H and O–H groups in total. The minimum Gasteiger partial charge on any atom is -0.469 e. The minimum absolute atomic E-state index is 0.00567. The number of alkyl halides is 3. The Morgan fingerprint density at radius 2 is 1.36 bits per heavy atom. The molecular formula is C47H57F3N4O7. The van der Waals surface area contributed by atoms with E-state index in [1.165, 1.54) is 19.2 Å². The molecule has 0 aliphatic heterocycles. The lowest BCUT2D eigenvalue weighted by Crippen LogP contribution is -2.66. The molecule has 0 unspecified atom stereocenters. The number of nitrogens with one attached hydrogen (secondary N) is 4. The zero-order valence-electron chi connectivity index (χ0n) is 35.1. The molecule has 0 bridgehead atoms. The van der Waals surface area contributed by atoms with Gasteiger partial charge in [0.05, 0.1) is 12.7 Å². The molecule has 3 aromatic carbocycles. The molecule has 11 atom stereocenters. The van der Waals surface area contributed by atoms with E-state index in [4.69, 9.17) is 14.2 Å². The van der Waals surface area contributed by atoms with Crippen molar-refractivity contribution in [1.82, 2.24) is 5.32 Å². The number of amides is 4. The van der Waals surface area contributed by atoms with E-state index in [1.54, 1.807) is 24.3 Å². The Balaban J connectivity index is 1.19. The summed E-state index contributed by atoms with van der Waals surface area (Å²) >= 11 is 0. The first-order valence-electron chi connectivity index (χ1n) is 21.5. The van der Waals surface area contributed by atoms with E-state index in [0.717, 1.165) is 31.4 Å². The molecule has 4 fully saturated rings. The van der Waals surface area contributed by atoms with Crippen LogP contribution in [0.5, 0.6) is 0 Å². The molecule has 0 heterocycles. The summed E-state index contributed by atoms with van der Waals surface area (Å²) in [7, 11) is 1.38. The number of methoxy groups -OCH3 is 1. The number of hydrogen-bond acceptors (Lipinski definition) is 7. The molecule has 0 aromatic heterocycles. The number of fused-ring (bicyclic) bond motifs is 5. The summed E-state index contributed by atoms with van der Waals surface area (Å²) < 4.78 is 57.5. The topological polar surface area (TPSA) is 144 Å². The summed E-state index contributed by atoms with van der Waals surface area (Å²) in [6, 6.07) is 21.7. The first-order chi connectivity index (χ1) is 29.1. The fourth-order valence-electron chi connectivity index (χ4n) is 11.9. The van der Waals surface area contributed by atoms with Gasteiger partial charge in [-0.15, -0.1) is 0 Å². The summed E-state index contributed by atoms with van der Waals surface area (Å²) in [6.45, 7) is 6.65. The van der Waals surface area contributed by atoms with E-state index < -0.39 is 41.5 Å². The SMILES string of the molecule is COC(=O)CC[C@@H](C)[C@H]1CC[C@H]2[C@@H]3[C@H](OC(=O)Nc4ccccc4)C[C@@H]4C[C@H](OC(=O)Nc5ccccc5)CC[C@]4(C)[C@H]3C[C@H](NC(=O)Nc3ccc(C(F)(F)F)cc3)[C@]12C. The Morgan fingerprint density at radius 1 is 0.754 bits per heavy atom. The lowest BCUT2D eigenvalue weighted by molar-refractivity contribution is -0.180. The molecule has 11 nitrogen and oxygen atoms in total. The first kappa shape index (κ1) is 43.8. The van der Waals surface area contributed by atoms with Crippen molar-refractivity contribution in [3.8, 4) is 0 Å². The third kappa shape index (κ3) is 9.48. The van der Waals surface area contributed by atoms with Crippen molar-refractivity contribution in [2.45, 2.75) is 103 Å². The zero-order chi connectivity index (χ0) is 43.5.